The molecule has 0 amide bonds. The number of aliphatic hydroxyl groups is 1. The molecule has 1 fully saturated rings. The van der Waals surface area contributed by atoms with Gasteiger partial charge in [-0.25, -0.2) is 0 Å². The summed E-state index contributed by atoms with van der Waals surface area (Å²) in [5.41, 5.74) is 0. The van der Waals surface area contributed by atoms with Crippen molar-refractivity contribution in [3.63, 3.8) is 0 Å². The van der Waals surface area contributed by atoms with Crippen molar-refractivity contribution in [1.82, 2.24) is 9.80 Å². The number of nitrogens with zero attached hydrogens (tertiary/aromatic N) is 2. The Morgan fingerprint density at radius 3 is 1.37 bits per heavy atom. The van der Waals surface area contributed by atoms with E-state index in [0.717, 1.165) is 77.7 Å². The third-order valence-corrected chi connectivity index (χ3v) is 13.1. The Balaban J connectivity index is 2.85. The van der Waals surface area contributed by atoms with Crippen LogP contribution in [0, 0.1) is 17.8 Å². The Hall–Kier alpha value is -1.44. The molecule has 1 rings (SSSR count). The zero-order chi connectivity index (χ0) is 43.0. The number of rotatable bonds is 45. The second-order valence-electron chi connectivity index (χ2n) is 18.6. The van der Waals surface area contributed by atoms with Crippen LogP contribution in [0.4, 0.5) is 0 Å². The number of hydrogen-bond donors (Lipinski definition) is 1. The Morgan fingerprint density at radius 1 is 0.559 bits per heavy atom. The molecular formula is C52H100N2O5. The highest BCUT2D eigenvalue weighted by Crippen LogP contribution is 2.26. The summed E-state index contributed by atoms with van der Waals surface area (Å²) in [6.45, 7) is 18.5. The summed E-state index contributed by atoms with van der Waals surface area (Å²) in [4.78, 5) is 31.8. The van der Waals surface area contributed by atoms with E-state index in [4.69, 9.17) is 9.47 Å². The molecule has 0 bridgehead atoms. The lowest BCUT2D eigenvalue weighted by molar-refractivity contribution is -0.150. The van der Waals surface area contributed by atoms with Crippen LogP contribution in [-0.4, -0.2) is 85.4 Å². The van der Waals surface area contributed by atoms with Crippen LogP contribution >= 0.6 is 0 Å². The number of hydrogen-bond acceptors (Lipinski definition) is 7. The molecule has 1 aliphatic rings. The molecule has 1 aliphatic carbocycles. The zero-order valence-electron chi connectivity index (χ0n) is 39.9. The minimum atomic E-state index is -0.0741. The van der Waals surface area contributed by atoms with Gasteiger partial charge in [-0.2, -0.15) is 0 Å². The highest BCUT2D eigenvalue weighted by atomic mass is 16.5. The first kappa shape index (κ1) is 55.6. The van der Waals surface area contributed by atoms with Gasteiger partial charge in [-0.3, -0.25) is 19.4 Å². The maximum atomic E-state index is 13.4. The maximum absolute atomic E-state index is 13.4. The molecule has 0 aromatic carbocycles. The van der Waals surface area contributed by atoms with E-state index in [2.05, 4.69) is 44.1 Å². The molecule has 1 N–H and O–H groups in total. The first-order valence-electron chi connectivity index (χ1n) is 25.9. The fourth-order valence-electron chi connectivity index (χ4n) is 8.94. The number of carbonyl (C=O) groups is 2. The van der Waals surface area contributed by atoms with Gasteiger partial charge in [-0.15, -0.1) is 6.58 Å². The summed E-state index contributed by atoms with van der Waals surface area (Å²) in [6.07, 6.45) is 39.4. The van der Waals surface area contributed by atoms with Crippen LogP contribution in [0.1, 0.15) is 233 Å². The van der Waals surface area contributed by atoms with Crippen LogP contribution in [0.25, 0.3) is 0 Å². The van der Waals surface area contributed by atoms with Crippen molar-refractivity contribution in [2.24, 2.45) is 17.8 Å². The van der Waals surface area contributed by atoms with Gasteiger partial charge in [0.1, 0.15) is 0 Å². The van der Waals surface area contributed by atoms with Gasteiger partial charge in [-0.1, -0.05) is 175 Å². The van der Waals surface area contributed by atoms with E-state index < -0.39 is 0 Å². The van der Waals surface area contributed by atoms with Gasteiger partial charge in [0.2, 0.25) is 0 Å². The molecule has 1 saturated carbocycles. The lowest BCUT2D eigenvalue weighted by Gasteiger charge is -2.38. The first-order chi connectivity index (χ1) is 28.9. The molecule has 0 heterocycles. The van der Waals surface area contributed by atoms with E-state index in [1.807, 2.05) is 6.08 Å². The van der Waals surface area contributed by atoms with E-state index in [0.29, 0.717) is 43.9 Å². The molecule has 7 heteroatoms. The largest absolute Gasteiger partial charge is 0.465 e. The summed E-state index contributed by atoms with van der Waals surface area (Å²) in [5, 5.41) is 9.65. The van der Waals surface area contributed by atoms with Crippen LogP contribution in [0.3, 0.4) is 0 Å². The van der Waals surface area contributed by atoms with Crippen molar-refractivity contribution in [2.45, 2.75) is 239 Å². The van der Waals surface area contributed by atoms with E-state index in [-0.39, 0.29) is 24.5 Å². The average molecular weight is 833 g/mol. The minimum Gasteiger partial charge on any atom is -0.465 e. The molecule has 2 unspecified atom stereocenters. The molecule has 59 heavy (non-hydrogen) atoms. The number of unbranched alkanes of at least 4 members (excludes halogenated alkanes) is 17. The molecule has 348 valence electrons. The van der Waals surface area contributed by atoms with Gasteiger partial charge in [0, 0.05) is 51.0 Å². The van der Waals surface area contributed by atoms with Gasteiger partial charge < -0.3 is 14.6 Å². The molecular weight excluding hydrogens is 733 g/mol. The summed E-state index contributed by atoms with van der Waals surface area (Å²) in [5.74, 6) is 0.662. The van der Waals surface area contributed by atoms with Crippen molar-refractivity contribution in [1.29, 1.82) is 0 Å². The third kappa shape index (κ3) is 32.0. The molecule has 0 spiro atoms. The van der Waals surface area contributed by atoms with E-state index in [9.17, 15) is 14.7 Å². The fourth-order valence-corrected chi connectivity index (χ4v) is 8.94. The van der Waals surface area contributed by atoms with Crippen LogP contribution < -0.4 is 0 Å². The molecule has 0 radical (unpaired) electrons. The van der Waals surface area contributed by atoms with Gasteiger partial charge in [0.05, 0.1) is 19.8 Å². The zero-order valence-corrected chi connectivity index (χ0v) is 39.9. The average Bonchev–Trinajstić information content (AvgIpc) is 3.20. The Labute approximate surface area is 367 Å². The number of carbonyl (C=O) groups excluding carboxylic acids is 2. The standard InChI is InChI=1S/C52H100N2O5/c1-6-11-15-19-21-25-32-47(30-23-17-13-8-3)43-51(56)58-45-49(34-27-28-38-53(37-10-5)39-40-54(41-42-55)50-35-29-36-50)46-59-52(57)44-48(31-24-18-14-9-4)33-26-22-20-16-12-7-2/h10,47-50,55H,5-9,11-46H2,1-4H3. The minimum absolute atomic E-state index is 0.0116. The van der Waals surface area contributed by atoms with Gasteiger partial charge in [-0.05, 0) is 69.7 Å². The topological polar surface area (TPSA) is 79.3 Å². The van der Waals surface area contributed by atoms with E-state index in [1.54, 1.807) is 0 Å². The second kappa shape index (κ2) is 40.6. The van der Waals surface area contributed by atoms with Crippen molar-refractivity contribution in [2.75, 3.05) is 52.5 Å². The highest BCUT2D eigenvalue weighted by molar-refractivity contribution is 5.70. The molecule has 0 aromatic heterocycles. The second-order valence-corrected chi connectivity index (χ2v) is 18.6. The quantitative estimate of drug-likeness (QED) is 0.0372. The monoisotopic (exact) mass is 833 g/mol. The van der Waals surface area contributed by atoms with Crippen molar-refractivity contribution in [3.05, 3.63) is 12.7 Å². The Morgan fingerprint density at radius 2 is 0.966 bits per heavy atom. The van der Waals surface area contributed by atoms with Crippen LogP contribution in [0.15, 0.2) is 12.7 Å². The molecule has 7 nitrogen and oxygen atoms in total. The van der Waals surface area contributed by atoms with Crippen molar-refractivity contribution in [3.8, 4) is 0 Å². The van der Waals surface area contributed by atoms with Crippen molar-refractivity contribution >= 4 is 11.9 Å². The van der Waals surface area contributed by atoms with Crippen LogP contribution in [-0.2, 0) is 19.1 Å². The van der Waals surface area contributed by atoms with Crippen LogP contribution in [0.5, 0.6) is 0 Å². The first-order valence-corrected chi connectivity index (χ1v) is 25.9. The molecule has 0 saturated heterocycles. The summed E-state index contributed by atoms with van der Waals surface area (Å²) >= 11 is 0. The Kier molecular flexibility index (Phi) is 38.3. The maximum Gasteiger partial charge on any atom is 0.306 e. The Bertz CT molecular complexity index is 907. The molecule has 0 aromatic rings. The van der Waals surface area contributed by atoms with E-state index in [1.165, 1.54) is 148 Å². The van der Waals surface area contributed by atoms with Gasteiger partial charge in [0.15, 0.2) is 0 Å². The number of ether oxygens (including phenoxy) is 2. The van der Waals surface area contributed by atoms with Gasteiger partial charge in [0.25, 0.3) is 0 Å². The van der Waals surface area contributed by atoms with Gasteiger partial charge >= 0.3 is 11.9 Å². The predicted octanol–water partition coefficient (Wildman–Crippen LogP) is 13.6. The smallest absolute Gasteiger partial charge is 0.306 e. The number of aliphatic hydroxyl groups excluding tert-OH is 1. The summed E-state index contributed by atoms with van der Waals surface area (Å²) in [6, 6.07) is 0.623. The fraction of sp³-hybridized carbons (Fsp3) is 0.923. The van der Waals surface area contributed by atoms with E-state index >= 15 is 0 Å². The molecule has 2 atom stereocenters. The SMILES string of the molecule is C=CCN(CCCCC(COC(=O)CC(CCCCCC)CCCCCCCC)COC(=O)CC(CCCCCC)CCCCCCCC)CCN(CCO)C1CCC1. The lowest BCUT2D eigenvalue weighted by Crippen LogP contribution is -2.45. The number of esters is 2. The van der Waals surface area contributed by atoms with Crippen molar-refractivity contribution < 1.29 is 24.2 Å². The predicted molar refractivity (Wildman–Crippen MR) is 252 cm³/mol. The molecule has 0 aliphatic heterocycles. The van der Waals surface area contributed by atoms with Crippen LogP contribution in [0.2, 0.25) is 0 Å². The third-order valence-electron chi connectivity index (χ3n) is 13.1. The lowest BCUT2D eigenvalue weighted by atomic mass is 9.91. The summed E-state index contributed by atoms with van der Waals surface area (Å²) in [7, 11) is 0. The summed E-state index contributed by atoms with van der Waals surface area (Å²) < 4.78 is 12.1. The normalized spacial score (nSPS) is 14.7. The highest BCUT2D eigenvalue weighted by Gasteiger charge is 2.25.